The highest BCUT2D eigenvalue weighted by molar-refractivity contribution is 5.80. The fourth-order valence-electron chi connectivity index (χ4n) is 3.76. The lowest BCUT2D eigenvalue weighted by Crippen LogP contribution is -2.40. The van der Waals surface area contributed by atoms with Crippen LogP contribution in [0.2, 0.25) is 0 Å². The van der Waals surface area contributed by atoms with Gasteiger partial charge in [0, 0.05) is 57.3 Å². The Kier molecular flexibility index (Phi) is 9.35. The third kappa shape index (κ3) is 7.25. The van der Waals surface area contributed by atoms with Crippen molar-refractivity contribution in [2.24, 2.45) is 10.9 Å². The second-order valence-electron chi connectivity index (χ2n) is 8.12. The van der Waals surface area contributed by atoms with Crippen LogP contribution in [0.1, 0.15) is 37.3 Å². The van der Waals surface area contributed by atoms with E-state index < -0.39 is 0 Å². The highest BCUT2D eigenvalue weighted by Crippen LogP contribution is 2.18. The monoisotopic (exact) mass is 437 g/mol. The molecular formula is C25H35N5O2. The third-order valence-electron chi connectivity index (χ3n) is 5.62. The van der Waals surface area contributed by atoms with E-state index in [0.717, 1.165) is 37.9 Å². The molecule has 0 bridgehead atoms. The molecule has 2 heterocycles. The van der Waals surface area contributed by atoms with Gasteiger partial charge in [-0.1, -0.05) is 49.7 Å². The molecule has 2 aromatic rings. The molecule has 1 aromatic heterocycles. The number of unbranched alkanes of at least 4 members (excludes halogenated alkanes) is 1. The van der Waals surface area contributed by atoms with Crippen LogP contribution >= 0.6 is 0 Å². The number of aromatic nitrogens is 1. The number of guanidine groups is 1. The zero-order valence-electron chi connectivity index (χ0n) is 19.2. The average Bonchev–Trinajstić information content (AvgIpc) is 3.18. The summed E-state index contributed by atoms with van der Waals surface area (Å²) in [4.78, 5) is 23.1. The maximum atomic E-state index is 12.4. The molecule has 1 aliphatic rings. The average molecular weight is 438 g/mol. The summed E-state index contributed by atoms with van der Waals surface area (Å²) in [6.07, 6.45) is 5.32. The number of aliphatic imine (C=N–C) groups is 1. The van der Waals surface area contributed by atoms with Crippen LogP contribution in [0.4, 0.5) is 0 Å². The third-order valence-corrected chi connectivity index (χ3v) is 5.62. The minimum absolute atomic E-state index is 0.236. The fraction of sp³-hybridized carbons (Fsp3) is 0.480. The number of ether oxygens (including phenoxy) is 1. The first-order valence-electron chi connectivity index (χ1n) is 11.5. The van der Waals surface area contributed by atoms with Gasteiger partial charge in [-0.15, -0.1) is 0 Å². The van der Waals surface area contributed by atoms with Crippen molar-refractivity contribution in [2.45, 2.75) is 39.2 Å². The Morgan fingerprint density at radius 2 is 2.06 bits per heavy atom. The highest BCUT2D eigenvalue weighted by atomic mass is 16.5. The number of rotatable bonds is 11. The molecule has 2 N–H and O–H groups in total. The fourth-order valence-corrected chi connectivity index (χ4v) is 3.76. The Morgan fingerprint density at radius 3 is 2.84 bits per heavy atom. The zero-order chi connectivity index (χ0) is 22.6. The topological polar surface area (TPSA) is 78.8 Å². The molecule has 1 saturated heterocycles. The normalized spacial score (nSPS) is 16.3. The number of hydrogen-bond donors (Lipinski definition) is 2. The Bertz CT molecular complexity index is 872. The standard InChI is InChI=1S/C25H35N5O2/c1-3-4-15-32-24-22(11-8-13-27-24)18-29-25(26-2)28-17-21-16-23(31)30(19-21)14-12-20-9-6-5-7-10-20/h5-11,13,21H,3-4,12,14-19H2,1-2H3,(H2,26,28,29). The van der Waals surface area contributed by atoms with E-state index in [1.54, 1.807) is 13.2 Å². The van der Waals surface area contributed by atoms with Crippen molar-refractivity contribution >= 4 is 11.9 Å². The predicted molar refractivity (Wildman–Crippen MR) is 128 cm³/mol. The number of hydrogen-bond acceptors (Lipinski definition) is 4. The van der Waals surface area contributed by atoms with Gasteiger partial charge in [0.1, 0.15) is 0 Å². The molecule has 1 atom stereocenters. The summed E-state index contributed by atoms with van der Waals surface area (Å²) in [6.45, 7) is 5.65. The number of nitrogens with zero attached hydrogens (tertiary/aromatic N) is 3. The molecule has 0 saturated carbocycles. The lowest BCUT2D eigenvalue weighted by Gasteiger charge is -2.18. The van der Waals surface area contributed by atoms with Gasteiger partial charge in [-0.3, -0.25) is 9.79 Å². The van der Waals surface area contributed by atoms with E-state index in [0.29, 0.717) is 38.0 Å². The van der Waals surface area contributed by atoms with Crippen LogP contribution in [-0.4, -0.2) is 55.0 Å². The Balaban J connectivity index is 1.42. The quantitative estimate of drug-likeness (QED) is 0.321. The number of carbonyl (C=O) groups excluding carboxylic acids is 1. The van der Waals surface area contributed by atoms with Crippen molar-refractivity contribution in [2.75, 3.05) is 33.3 Å². The molecule has 3 rings (SSSR count). The van der Waals surface area contributed by atoms with Gasteiger partial charge in [-0.2, -0.15) is 0 Å². The second-order valence-corrected chi connectivity index (χ2v) is 8.12. The molecule has 0 aliphatic carbocycles. The van der Waals surface area contributed by atoms with Gasteiger partial charge in [-0.25, -0.2) is 4.98 Å². The lowest BCUT2D eigenvalue weighted by molar-refractivity contribution is -0.127. The molecular weight excluding hydrogens is 402 g/mol. The molecule has 1 fully saturated rings. The summed E-state index contributed by atoms with van der Waals surface area (Å²) in [5.41, 5.74) is 2.26. The number of benzene rings is 1. The minimum Gasteiger partial charge on any atom is -0.477 e. The molecule has 1 amide bonds. The maximum Gasteiger partial charge on any atom is 0.223 e. The van der Waals surface area contributed by atoms with Crippen LogP contribution in [0.5, 0.6) is 5.88 Å². The Hall–Kier alpha value is -3.09. The number of likely N-dealkylation sites (tertiary alicyclic amines) is 1. The molecule has 172 valence electrons. The van der Waals surface area contributed by atoms with Crippen molar-refractivity contribution in [3.63, 3.8) is 0 Å². The van der Waals surface area contributed by atoms with Crippen LogP contribution in [0.25, 0.3) is 0 Å². The molecule has 32 heavy (non-hydrogen) atoms. The van der Waals surface area contributed by atoms with Crippen LogP contribution in [0, 0.1) is 5.92 Å². The molecule has 0 radical (unpaired) electrons. The number of amides is 1. The van der Waals surface area contributed by atoms with E-state index in [-0.39, 0.29) is 11.8 Å². The van der Waals surface area contributed by atoms with Crippen LogP contribution < -0.4 is 15.4 Å². The summed E-state index contributed by atoms with van der Waals surface area (Å²) in [6, 6.07) is 14.2. The lowest BCUT2D eigenvalue weighted by atomic mass is 10.1. The van der Waals surface area contributed by atoms with Gasteiger partial charge in [-0.05, 0) is 24.5 Å². The van der Waals surface area contributed by atoms with E-state index in [2.05, 4.69) is 39.7 Å². The summed E-state index contributed by atoms with van der Waals surface area (Å²) in [5, 5.41) is 6.70. The summed E-state index contributed by atoms with van der Waals surface area (Å²) in [7, 11) is 1.75. The van der Waals surface area contributed by atoms with E-state index >= 15 is 0 Å². The van der Waals surface area contributed by atoms with Crippen LogP contribution in [0.3, 0.4) is 0 Å². The Labute approximate surface area is 191 Å². The highest BCUT2D eigenvalue weighted by Gasteiger charge is 2.29. The maximum absolute atomic E-state index is 12.4. The first-order chi connectivity index (χ1) is 15.7. The molecule has 7 heteroatoms. The SMILES string of the molecule is CCCCOc1ncccc1CNC(=NC)NCC1CC(=O)N(CCc2ccccc2)C1. The number of pyridine rings is 1. The van der Waals surface area contributed by atoms with Crippen LogP contribution in [0.15, 0.2) is 53.7 Å². The van der Waals surface area contributed by atoms with Crippen molar-refractivity contribution in [1.82, 2.24) is 20.5 Å². The smallest absolute Gasteiger partial charge is 0.223 e. The number of nitrogens with one attached hydrogen (secondary N) is 2. The van der Waals surface area contributed by atoms with Gasteiger partial charge in [0.15, 0.2) is 5.96 Å². The van der Waals surface area contributed by atoms with Crippen molar-refractivity contribution in [3.05, 3.63) is 59.8 Å². The first kappa shape index (κ1) is 23.6. The minimum atomic E-state index is 0.236. The van der Waals surface area contributed by atoms with Crippen LogP contribution in [-0.2, 0) is 17.8 Å². The predicted octanol–water partition coefficient (Wildman–Crippen LogP) is 3.02. The second kappa shape index (κ2) is 12.7. The number of carbonyl (C=O) groups is 1. The van der Waals surface area contributed by atoms with E-state index in [1.807, 2.05) is 35.2 Å². The summed E-state index contributed by atoms with van der Waals surface area (Å²) >= 11 is 0. The first-order valence-corrected chi connectivity index (χ1v) is 11.5. The van der Waals surface area contributed by atoms with E-state index in [4.69, 9.17) is 4.74 Å². The van der Waals surface area contributed by atoms with Crippen molar-refractivity contribution < 1.29 is 9.53 Å². The molecule has 1 aromatic carbocycles. The molecule has 0 spiro atoms. The van der Waals surface area contributed by atoms with Gasteiger partial charge in [0.05, 0.1) is 6.61 Å². The van der Waals surface area contributed by atoms with Gasteiger partial charge in [0.2, 0.25) is 11.8 Å². The van der Waals surface area contributed by atoms with Crippen molar-refractivity contribution in [1.29, 1.82) is 0 Å². The molecule has 7 nitrogen and oxygen atoms in total. The van der Waals surface area contributed by atoms with Gasteiger partial charge in [0.25, 0.3) is 0 Å². The Morgan fingerprint density at radius 1 is 1.22 bits per heavy atom. The van der Waals surface area contributed by atoms with E-state index in [9.17, 15) is 4.79 Å². The van der Waals surface area contributed by atoms with Gasteiger partial charge >= 0.3 is 0 Å². The molecule has 1 unspecified atom stereocenters. The molecule has 1 aliphatic heterocycles. The van der Waals surface area contributed by atoms with E-state index in [1.165, 1.54) is 5.56 Å². The zero-order valence-corrected chi connectivity index (χ0v) is 19.2. The summed E-state index contributed by atoms with van der Waals surface area (Å²) in [5.74, 6) is 1.89. The summed E-state index contributed by atoms with van der Waals surface area (Å²) < 4.78 is 5.81. The van der Waals surface area contributed by atoms with Gasteiger partial charge < -0.3 is 20.3 Å². The van der Waals surface area contributed by atoms with Crippen molar-refractivity contribution in [3.8, 4) is 5.88 Å². The largest absolute Gasteiger partial charge is 0.477 e.